The van der Waals surface area contributed by atoms with E-state index >= 15 is 0 Å². The molecule has 2 aliphatic carbocycles. The quantitative estimate of drug-likeness (QED) is 0.181. The molecule has 0 heterocycles. The molecular weight excluding hydrogens is 654 g/mol. The van der Waals surface area contributed by atoms with Gasteiger partial charge in [-0.25, -0.2) is 26.3 Å². The second-order valence-corrected chi connectivity index (χ2v) is 11.0. The molecule has 12 heteroatoms. The molecule has 0 aliphatic heterocycles. The van der Waals surface area contributed by atoms with Gasteiger partial charge in [0, 0.05) is 5.56 Å². The lowest BCUT2D eigenvalue weighted by atomic mass is 9.99. The number of ether oxygens (including phenoxy) is 2. The Labute approximate surface area is 269 Å². The van der Waals surface area contributed by atoms with Gasteiger partial charge in [0.05, 0.1) is 35.5 Å². The average Bonchev–Trinajstić information content (AvgIpc) is 3.41. The van der Waals surface area contributed by atoms with Gasteiger partial charge in [-0.15, -0.1) is 0 Å². The number of allylic oxidation sites excluding steroid dienone is 1. The zero-order valence-corrected chi connectivity index (χ0v) is 26.0. The molecular formula is C36H28F10O2. The van der Waals surface area contributed by atoms with Gasteiger partial charge in [-0.3, -0.25) is 0 Å². The van der Waals surface area contributed by atoms with Crippen molar-refractivity contribution in [1.82, 2.24) is 0 Å². The number of alkyl halides is 4. The van der Waals surface area contributed by atoms with E-state index in [4.69, 9.17) is 9.47 Å². The summed E-state index contributed by atoms with van der Waals surface area (Å²) in [6, 6.07) is 7.23. The molecule has 6 rings (SSSR count). The summed E-state index contributed by atoms with van der Waals surface area (Å²) in [5.41, 5.74) is -5.05. The van der Waals surface area contributed by atoms with Gasteiger partial charge in [-0.05, 0) is 91.4 Å². The standard InChI is InChI=1S/C18H15F5O.C18H13F5O/c2*1-3-5-9-8-11-10-6-7-12(24-4-2)16(20)13(10)18(22,23)14(11)17(21)15(9)19/h6-8H,3-5H2,1-2H3;3,5-8H,4H2,1-2H3/b;5-3+. The Morgan fingerprint density at radius 2 is 1.00 bits per heavy atom. The van der Waals surface area contributed by atoms with E-state index in [1.54, 1.807) is 27.7 Å². The number of rotatable bonds is 7. The number of fused-ring (bicyclic) bond motifs is 6. The molecule has 4 aromatic carbocycles. The third-order valence-electron chi connectivity index (χ3n) is 8.03. The van der Waals surface area contributed by atoms with Gasteiger partial charge in [0.1, 0.15) is 0 Å². The Bertz CT molecular complexity index is 1950. The van der Waals surface area contributed by atoms with Crippen LogP contribution in [-0.2, 0) is 18.3 Å². The Morgan fingerprint density at radius 1 is 0.562 bits per heavy atom. The van der Waals surface area contributed by atoms with Crippen LogP contribution in [0.2, 0.25) is 0 Å². The predicted molar refractivity (Wildman–Crippen MR) is 161 cm³/mol. The molecule has 0 unspecified atom stereocenters. The molecule has 2 aliphatic rings. The van der Waals surface area contributed by atoms with Crippen LogP contribution >= 0.6 is 0 Å². The number of benzene rings is 4. The highest BCUT2D eigenvalue weighted by Gasteiger charge is 2.52. The zero-order valence-electron chi connectivity index (χ0n) is 26.0. The highest BCUT2D eigenvalue weighted by atomic mass is 19.3. The molecule has 0 aromatic heterocycles. The predicted octanol–water partition coefficient (Wildman–Crippen LogP) is 11.2. The second kappa shape index (κ2) is 12.9. The van der Waals surface area contributed by atoms with Crippen molar-refractivity contribution in [1.29, 1.82) is 0 Å². The van der Waals surface area contributed by atoms with E-state index in [9.17, 15) is 43.9 Å². The molecule has 4 aromatic rings. The molecule has 0 saturated carbocycles. The Hall–Kier alpha value is -4.48. The maximum atomic E-state index is 14.7. The lowest BCUT2D eigenvalue weighted by molar-refractivity contribution is 0.0385. The van der Waals surface area contributed by atoms with E-state index in [0.29, 0.717) is 6.42 Å². The summed E-state index contributed by atoms with van der Waals surface area (Å²) in [5.74, 6) is -17.1. The number of aryl methyl sites for hydroxylation is 1. The minimum Gasteiger partial charge on any atom is -0.491 e. The fourth-order valence-corrected chi connectivity index (χ4v) is 6.08. The van der Waals surface area contributed by atoms with Gasteiger partial charge < -0.3 is 9.47 Å². The van der Waals surface area contributed by atoms with Crippen molar-refractivity contribution in [2.24, 2.45) is 0 Å². The summed E-state index contributed by atoms with van der Waals surface area (Å²) in [6.45, 7) is 6.70. The number of hydrogen-bond acceptors (Lipinski definition) is 2. The first-order valence-corrected chi connectivity index (χ1v) is 15.0. The lowest BCUT2D eigenvalue weighted by Crippen LogP contribution is -2.17. The van der Waals surface area contributed by atoms with Crippen molar-refractivity contribution in [3.05, 3.63) is 111 Å². The Balaban J connectivity index is 0.000000188. The van der Waals surface area contributed by atoms with E-state index in [1.807, 2.05) is 0 Å². The van der Waals surface area contributed by atoms with E-state index in [-0.39, 0.29) is 64.5 Å². The monoisotopic (exact) mass is 682 g/mol. The fraction of sp³-hybridized carbons (Fsp3) is 0.278. The smallest absolute Gasteiger partial charge is 0.305 e. The normalized spacial score (nSPS) is 14.6. The first kappa shape index (κ1) is 34.8. The molecule has 0 N–H and O–H groups in total. The summed E-state index contributed by atoms with van der Waals surface area (Å²) in [7, 11) is 0. The molecule has 2 nitrogen and oxygen atoms in total. The van der Waals surface area contributed by atoms with Crippen LogP contribution in [0.15, 0.2) is 42.5 Å². The molecule has 0 bridgehead atoms. The van der Waals surface area contributed by atoms with E-state index in [0.717, 1.165) is 6.07 Å². The first-order chi connectivity index (χ1) is 22.7. The molecule has 0 radical (unpaired) electrons. The average molecular weight is 683 g/mol. The Kier molecular flexibility index (Phi) is 9.33. The van der Waals surface area contributed by atoms with Gasteiger partial charge >= 0.3 is 11.8 Å². The van der Waals surface area contributed by atoms with Gasteiger partial charge in [0.25, 0.3) is 0 Å². The summed E-state index contributed by atoms with van der Waals surface area (Å²) >= 11 is 0. The van der Waals surface area contributed by atoms with Crippen molar-refractivity contribution in [2.75, 3.05) is 13.2 Å². The first-order valence-electron chi connectivity index (χ1n) is 15.0. The van der Waals surface area contributed by atoms with Crippen LogP contribution in [0.1, 0.15) is 67.5 Å². The third-order valence-corrected chi connectivity index (χ3v) is 8.03. The Morgan fingerprint density at radius 3 is 1.44 bits per heavy atom. The van der Waals surface area contributed by atoms with Crippen LogP contribution in [0.3, 0.4) is 0 Å². The van der Waals surface area contributed by atoms with Crippen LogP contribution in [0.25, 0.3) is 28.3 Å². The lowest BCUT2D eigenvalue weighted by Gasteiger charge is -2.16. The van der Waals surface area contributed by atoms with Crippen molar-refractivity contribution in [3.8, 4) is 33.8 Å². The topological polar surface area (TPSA) is 18.5 Å². The van der Waals surface area contributed by atoms with Crippen LogP contribution < -0.4 is 9.47 Å². The van der Waals surface area contributed by atoms with Gasteiger partial charge in [0.15, 0.2) is 46.4 Å². The van der Waals surface area contributed by atoms with Crippen LogP contribution in [0.4, 0.5) is 43.9 Å². The SMILES string of the molecule is C/C=C/c1cc2c(c(F)c1F)C(F)(F)c1c-2ccc(OCC)c1F.CCCc1cc2c(c(F)c1F)C(F)(F)c1c-2ccc(OCC)c1F. The van der Waals surface area contributed by atoms with Crippen LogP contribution in [0, 0.1) is 34.9 Å². The van der Waals surface area contributed by atoms with Gasteiger partial charge in [-0.2, -0.15) is 17.6 Å². The van der Waals surface area contributed by atoms with Crippen LogP contribution in [-0.4, -0.2) is 13.2 Å². The summed E-state index contributed by atoms with van der Waals surface area (Å²) in [5, 5.41) is 0. The van der Waals surface area contributed by atoms with E-state index in [1.165, 1.54) is 42.5 Å². The largest absolute Gasteiger partial charge is 0.491 e. The van der Waals surface area contributed by atoms with Crippen molar-refractivity contribution in [2.45, 2.75) is 52.4 Å². The third kappa shape index (κ3) is 5.29. The number of hydrogen-bond donors (Lipinski definition) is 0. The van der Waals surface area contributed by atoms with Crippen molar-refractivity contribution >= 4 is 6.08 Å². The second-order valence-electron chi connectivity index (χ2n) is 11.0. The van der Waals surface area contributed by atoms with Gasteiger partial charge in [-0.1, -0.05) is 25.5 Å². The minimum atomic E-state index is -3.98. The molecule has 254 valence electrons. The fourth-order valence-electron chi connectivity index (χ4n) is 6.08. The zero-order chi connectivity index (χ0) is 35.3. The minimum absolute atomic E-state index is 0.00620. The van der Waals surface area contributed by atoms with Crippen molar-refractivity contribution in [3.63, 3.8) is 0 Å². The highest BCUT2D eigenvalue weighted by Crippen LogP contribution is 2.56. The maximum Gasteiger partial charge on any atom is 0.305 e. The summed E-state index contributed by atoms with van der Waals surface area (Å²) in [6.07, 6.45) is 3.45. The molecule has 0 amide bonds. The maximum absolute atomic E-state index is 14.7. The summed E-state index contributed by atoms with van der Waals surface area (Å²) < 4.78 is 154. The number of halogens is 10. The molecule has 0 fully saturated rings. The van der Waals surface area contributed by atoms with Gasteiger partial charge in [0.2, 0.25) is 0 Å². The van der Waals surface area contributed by atoms with Crippen LogP contribution in [0.5, 0.6) is 11.5 Å². The molecule has 48 heavy (non-hydrogen) atoms. The van der Waals surface area contributed by atoms with E-state index < -0.39 is 69.0 Å². The summed E-state index contributed by atoms with van der Waals surface area (Å²) in [4.78, 5) is 0. The molecule has 0 atom stereocenters. The molecule has 0 saturated heterocycles. The molecule has 0 spiro atoms. The van der Waals surface area contributed by atoms with Crippen molar-refractivity contribution < 1.29 is 53.4 Å². The van der Waals surface area contributed by atoms with E-state index in [2.05, 4.69) is 0 Å². The highest BCUT2D eigenvalue weighted by molar-refractivity contribution is 5.83.